The molecular formula is C18H29N3O3. The minimum absolute atomic E-state index is 0.00628. The van der Waals surface area contributed by atoms with Crippen LogP contribution in [-0.4, -0.2) is 46.9 Å². The van der Waals surface area contributed by atoms with E-state index in [4.69, 9.17) is 4.74 Å². The van der Waals surface area contributed by atoms with Crippen LogP contribution in [0, 0.1) is 0 Å². The summed E-state index contributed by atoms with van der Waals surface area (Å²) >= 11 is 0. The summed E-state index contributed by atoms with van der Waals surface area (Å²) in [6, 6.07) is 1.83. The quantitative estimate of drug-likeness (QED) is 0.726. The molecule has 24 heavy (non-hydrogen) atoms. The molecule has 0 aliphatic heterocycles. The van der Waals surface area contributed by atoms with Gasteiger partial charge in [-0.2, -0.15) is 5.10 Å². The lowest BCUT2D eigenvalue weighted by molar-refractivity contribution is -0.135. The van der Waals surface area contributed by atoms with Crippen molar-refractivity contribution in [1.29, 1.82) is 0 Å². The van der Waals surface area contributed by atoms with Crippen LogP contribution in [0.4, 0.5) is 0 Å². The van der Waals surface area contributed by atoms with E-state index in [0.29, 0.717) is 13.2 Å². The Morgan fingerprint density at radius 1 is 1.33 bits per heavy atom. The maximum atomic E-state index is 12.8. The summed E-state index contributed by atoms with van der Waals surface area (Å²) in [4.78, 5) is 26.9. The van der Waals surface area contributed by atoms with Gasteiger partial charge < -0.3 is 9.64 Å². The largest absolute Gasteiger partial charge is 0.383 e. The second-order valence-electron chi connectivity index (χ2n) is 6.37. The monoisotopic (exact) mass is 335 g/mol. The summed E-state index contributed by atoms with van der Waals surface area (Å²) in [6.07, 6.45) is 5.79. The SMILES string of the molecule is CCC(CC)N(CCOC)C(=O)Cn1nc2c(cc1=O)CCCC2. The van der Waals surface area contributed by atoms with E-state index < -0.39 is 0 Å². The summed E-state index contributed by atoms with van der Waals surface area (Å²) < 4.78 is 6.46. The second-order valence-corrected chi connectivity index (χ2v) is 6.37. The third-order valence-corrected chi connectivity index (χ3v) is 4.80. The zero-order valence-corrected chi connectivity index (χ0v) is 15.1. The van der Waals surface area contributed by atoms with Gasteiger partial charge in [-0.15, -0.1) is 0 Å². The summed E-state index contributed by atoms with van der Waals surface area (Å²) in [6.45, 7) is 5.19. The van der Waals surface area contributed by atoms with Gasteiger partial charge >= 0.3 is 0 Å². The number of nitrogens with zero attached hydrogens (tertiary/aromatic N) is 3. The molecule has 1 heterocycles. The smallest absolute Gasteiger partial charge is 0.267 e. The number of amides is 1. The maximum Gasteiger partial charge on any atom is 0.267 e. The molecule has 134 valence electrons. The van der Waals surface area contributed by atoms with E-state index in [1.165, 1.54) is 4.68 Å². The minimum atomic E-state index is -0.180. The van der Waals surface area contributed by atoms with E-state index in [1.54, 1.807) is 13.2 Å². The summed E-state index contributed by atoms with van der Waals surface area (Å²) in [5, 5.41) is 4.45. The van der Waals surface area contributed by atoms with Crippen LogP contribution in [0.3, 0.4) is 0 Å². The van der Waals surface area contributed by atoms with Crippen molar-refractivity contribution in [3.8, 4) is 0 Å². The van der Waals surface area contributed by atoms with Gasteiger partial charge in [0.15, 0.2) is 0 Å². The number of ether oxygens (including phenoxy) is 1. The Hall–Kier alpha value is -1.69. The van der Waals surface area contributed by atoms with E-state index in [2.05, 4.69) is 18.9 Å². The predicted octanol–water partition coefficient (Wildman–Crippen LogP) is 1.79. The first-order valence-electron chi connectivity index (χ1n) is 8.99. The van der Waals surface area contributed by atoms with Gasteiger partial charge in [0.25, 0.3) is 5.56 Å². The fourth-order valence-electron chi connectivity index (χ4n) is 3.36. The molecule has 1 amide bonds. The Bertz CT molecular complexity index is 608. The van der Waals surface area contributed by atoms with Crippen LogP contribution in [0.5, 0.6) is 0 Å². The van der Waals surface area contributed by atoms with Gasteiger partial charge in [0, 0.05) is 25.8 Å². The standard InChI is InChI=1S/C18H29N3O3/c1-4-15(5-2)20(10-11-24-3)18(23)13-21-17(22)12-14-8-6-7-9-16(14)19-21/h12,15H,4-11,13H2,1-3H3. The van der Waals surface area contributed by atoms with E-state index in [0.717, 1.165) is 49.8 Å². The Morgan fingerprint density at radius 3 is 2.71 bits per heavy atom. The first kappa shape index (κ1) is 18.6. The molecule has 1 aliphatic carbocycles. The number of fused-ring (bicyclic) bond motifs is 1. The van der Waals surface area contributed by atoms with Gasteiger partial charge in [-0.1, -0.05) is 13.8 Å². The topological polar surface area (TPSA) is 64.4 Å². The van der Waals surface area contributed by atoms with Crippen LogP contribution >= 0.6 is 0 Å². The molecule has 0 unspecified atom stereocenters. The molecule has 6 nitrogen and oxygen atoms in total. The third kappa shape index (κ3) is 4.44. The molecule has 1 aromatic rings. The molecule has 0 radical (unpaired) electrons. The lowest BCUT2D eigenvalue weighted by atomic mass is 9.97. The fraction of sp³-hybridized carbons (Fsp3) is 0.722. The summed E-state index contributed by atoms with van der Waals surface area (Å²) in [7, 11) is 1.63. The van der Waals surface area contributed by atoms with Gasteiger partial charge in [0.1, 0.15) is 6.54 Å². The molecule has 0 atom stereocenters. The predicted molar refractivity (Wildman–Crippen MR) is 93.1 cm³/mol. The van der Waals surface area contributed by atoms with Crippen molar-refractivity contribution in [3.63, 3.8) is 0 Å². The Kier molecular flexibility index (Phi) is 6.97. The highest BCUT2D eigenvalue weighted by molar-refractivity contribution is 5.76. The van der Waals surface area contributed by atoms with Crippen molar-refractivity contribution in [3.05, 3.63) is 27.7 Å². The molecule has 0 spiro atoms. The Balaban J connectivity index is 2.17. The van der Waals surface area contributed by atoms with Crippen molar-refractivity contribution in [1.82, 2.24) is 14.7 Å². The van der Waals surface area contributed by atoms with Gasteiger partial charge in [0.05, 0.1) is 12.3 Å². The second kappa shape index (κ2) is 8.97. The van der Waals surface area contributed by atoms with E-state index in [1.807, 2.05) is 4.90 Å². The molecule has 6 heteroatoms. The Labute approximate surface area is 143 Å². The normalized spacial score (nSPS) is 13.8. The maximum absolute atomic E-state index is 12.8. The van der Waals surface area contributed by atoms with Crippen LogP contribution in [-0.2, 0) is 28.9 Å². The molecule has 1 aromatic heterocycles. The van der Waals surface area contributed by atoms with Crippen molar-refractivity contribution in [2.45, 2.75) is 65.0 Å². The third-order valence-electron chi connectivity index (χ3n) is 4.80. The van der Waals surface area contributed by atoms with Crippen LogP contribution in [0.2, 0.25) is 0 Å². The van der Waals surface area contributed by atoms with Gasteiger partial charge in [0.2, 0.25) is 5.91 Å². The molecular weight excluding hydrogens is 306 g/mol. The van der Waals surface area contributed by atoms with Crippen molar-refractivity contribution >= 4 is 5.91 Å². The number of rotatable bonds is 8. The summed E-state index contributed by atoms with van der Waals surface area (Å²) in [5.74, 6) is -0.0638. The average molecular weight is 335 g/mol. The van der Waals surface area contributed by atoms with Crippen molar-refractivity contribution in [2.24, 2.45) is 0 Å². The zero-order valence-electron chi connectivity index (χ0n) is 15.1. The average Bonchev–Trinajstić information content (AvgIpc) is 2.59. The molecule has 0 N–H and O–H groups in total. The van der Waals surface area contributed by atoms with Crippen LogP contribution in [0.25, 0.3) is 0 Å². The number of hydrogen-bond acceptors (Lipinski definition) is 4. The van der Waals surface area contributed by atoms with Gasteiger partial charge in [-0.3, -0.25) is 9.59 Å². The molecule has 0 bridgehead atoms. The minimum Gasteiger partial charge on any atom is -0.383 e. The fourth-order valence-corrected chi connectivity index (χ4v) is 3.36. The van der Waals surface area contributed by atoms with Gasteiger partial charge in [-0.25, -0.2) is 4.68 Å². The van der Waals surface area contributed by atoms with E-state index in [9.17, 15) is 9.59 Å². The van der Waals surface area contributed by atoms with Gasteiger partial charge in [-0.05, 0) is 44.1 Å². The molecule has 0 saturated heterocycles. The zero-order chi connectivity index (χ0) is 17.5. The number of hydrogen-bond donors (Lipinski definition) is 0. The highest BCUT2D eigenvalue weighted by Crippen LogP contribution is 2.17. The van der Waals surface area contributed by atoms with Crippen molar-refractivity contribution < 1.29 is 9.53 Å². The number of aryl methyl sites for hydroxylation is 2. The lowest BCUT2D eigenvalue weighted by Crippen LogP contribution is -2.45. The number of methoxy groups -OCH3 is 1. The molecule has 0 fully saturated rings. The van der Waals surface area contributed by atoms with E-state index in [-0.39, 0.29) is 24.1 Å². The number of aromatic nitrogens is 2. The first-order valence-corrected chi connectivity index (χ1v) is 8.99. The van der Waals surface area contributed by atoms with Crippen LogP contribution in [0.1, 0.15) is 50.8 Å². The van der Waals surface area contributed by atoms with Crippen molar-refractivity contribution in [2.75, 3.05) is 20.3 Å². The molecule has 1 aliphatic rings. The molecule has 0 aromatic carbocycles. The molecule has 2 rings (SSSR count). The number of carbonyl (C=O) groups is 1. The van der Waals surface area contributed by atoms with Crippen LogP contribution in [0.15, 0.2) is 10.9 Å². The molecule has 0 saturated carbocycles. The van der Waals surface area contributed by atoms with E-state index >= 15 is 0 Å². The number of carbonyl (C=O) groups excluding carboxylic acids is 1. The highest BCUT2D eigenvalue weighted by atomic mass is 16.5. The highest BCUT2D eigenvalue weighted by Gasteiger charge is 2.22. The summed E-state index contributed by atoms with van der Waals surface area (Å²) in [5.41, 5.74) is 1.84. The van der Waals surface area contributed by atoms with Crippen LogP contribution < -0.4 is 5.56 Å². The first-order chi connectivity index (χ1) is 11.6. The lowest BCUT2D eigenvalue weighted by Gasteiger charge is -2.30. The Morgan fingerprint density at radius 2 is 2.04 bits per heavy atom.